The Kier molecular flexibility index (Phi) is 6.33. The molecule has 0 bridgehead atoms. The summed E-state index contributed by atoms with van der Waals surface area (Å²) in [5, 5.41) is 1.09. The summed E-state index contributed by atoms with van der Waals surface area (Å²) in [7, 11) is 0. The minimum absolute atomic E-state index is 0.447. The second kappa shape index (κ2) is 9.95. The van der Waals surface area contributed by atoms with Gasteiger partial charge in [0, 0.05) is 60.5 Å². The molecular formula is C30H25F3N4O. The number of hydrogen-bond acceptors (Lipinski definition) is 4. The van der Waals surface area contributed by atoms with E-state index in [-0.39, 0.29) is 0 Å². The zero-order chi connectivity index (χ0) is 26.1. The molecule has 0 radical (unpaired) electrons. The number of aromatic nitrogens is 3. The molecule has 3 heterocycles. The van der Waals surface area contributed by atoms with Gasteiger partial charge in [0.05, 0.1) is 11.3 Å². The normalized spacial score (nSPS) is 14.0. The number of nitrogens with one attached hydrogen (secondary N) is 1. The van der Waals surface area contributed by atoms with Gasteiger partial charge in [0.1, 0.15) is 12.4 Å². The first-order valence-electron chi connectivity index (χ1n) is 12.4. The first-order valence-corrected chi connectivity index (χ1v) is 12.4. The Morgan fingerprint density at radius 2 is 1.76 bits per heavy atom. The number of benzene rings is 3. The zero-order valence-electron chi connectivity index (χ0n) is 20.5. The van der Waals surface area contributed by atoms with Gasteiger partial charge in [-0.15, -0.1) is 0 Å². The zero-order valence-corrected chi connectivity index (χ0v) is 20.5. The lowest BCUT2D eigenvalue weighted by Gasteiger charge is -2.28. The van der Waals surface area contributed by atoms with Crippen molar-refractivity contribution in [2.75, 3.05) is 6.54 Å². The van der Waals surface area contributed by atoms with Crippen molar-refractivity contribution in [2.24, 2.45) is 0 Å². The van der Waals surface area contributed by atoms with Crippen molar-refractivity contribution in [3.8, 4) is 17.1 Å². The number of fused-ring (bicyclic) bond motifs is 2. The number of ether oxygens (including phenoxy) is 1. The Morgan fingerprint density at radius 1 is 0.947 bits per heavy atom. The van der Waals surface area contributed by atoms with Gasteiger partial charge in [0.2, 0.25) is 0 Å². The molecule has 0 atom stereocenters. The SMILES string of the molecule is FC(F)(F)c1ccc(-c2ncc3c(n2)CCN(Cc2c[nH]c4cccc(OCc5ccccc5)c24)C3)cc1. The standard InChI is InChI=1S/C30H25F3N4O/c31-30(32,33)24-11-9-21(10-12-24)29-35-15-22-17-37(14-13-25(22)36-29)18-23-16-34-26-7-4-8-27(28(23)26)38-19-20-5-2-1-3-6-20/h1-12,15-16,34H,13-14,17-19H2. The van der Waals surface area contributed by atoms with Crippen LogP contribution in [0.5, 0.6) is 5.75 Å². The van der Waals surface area contributed by atoms with Gasteiger partial charge in [0.25, 0.3) is 0 Å². The van der Waals surface area contributed by atoms with E-state index >= 15 is 0 Å². The number of aromatic amines is 1. The van der Waals surface area contributed by atoms with Crippen LogP contribution in [-0.4, -0.2) is 26.4 Å². The molecule has 192 valence electrons. The first kappa shape index (κ1) is 24.2. The van der Waals surface area contributed by atoms with E-state index in [4.69, 9.17) is 4.74 Å². The molecule has 0 saturated carbocycles. The molecule has 0 saturated heterocycles. The van der Waals surface area contributed by atoms with Crippen molar-refractivity contribution in [2.45, 2.75) is 32.3 Å². The number of rotatable bonds is 6. The Balaban J connectivity index is 1.17. The summed E-state index contributed by atoms with van der Waals surface area (Å²) in [6.45, 7) is 2.75. The van der Waals surface area contributed by atoms with Gasteiger partial charge in [-0.3, -0.25) is 4.90 Å². The average Bonchev–Trinajstić information content (AvgIpc) is 3.35. The Morgan fingerprint density at radius 3 is 2.55 bits per heavy atom. The van der Waals surface area contributed by atoms with Crippen molar-refractivity contribution in [3.05, 3.63) is 113 Å². The molecule has 1 N–H and O–H groups in total. The lowest BCUT2D eigenvalue weighted by atomic mass is 10.0. The van der Waals surface area contributed by atoms with E-state index in [9.17, 15) is 13.2 Å². The Hall–Kier alpha value is -4.17. The lowest BCUT2D eigenvalue weighted by molar-refractivity contribution is -0.137. The van der Waals surface area contributed by atoms with Crippen LogP contribution in [0.15, 0.2) is 85.2 Å². The Bertz CT molecular complexity index is 1560. The highest BCUT2D eigenvalue weighted by molar-refractivity contribution is 5.89. The third-order valence-corrected chi connectivity index (χ3v) is 6.86. The first-order chi connectivity index (χ1) is 18.4. The van der Waals surface area contributed by atoms with Crippen molar-refractivity contribution in [1.82, 2.24) is 19.9 Å². The summed E-state index contributed by atoms with van der Waals surface area (Å²) < 4.78 is 44.9. The van der Waals surface area contributed by atoms with Gasteiger partial charge < -0.3 is 9.72 Å². The van der Waals surface area contributed by atoms with Gasteiger partial charge in [-0.2, -0.15) is 13.2 Å². The van der Waals surface area contributed by atoms with Crippen LogP contribution in [0.4, 0.5) is 13.2 Å². The van der Waals surface area contributed by atoms with E-state index in [0.29, 0.717) is 24.5 Å². The van der Waals surface area contributed by atoms with Crippen LogP contribution in [0.1, 0.15) is 27.9 Å². The van der Waals surface area contributed by atoms with Crippen LogP contribution in [-0.2, 0) is 32.3 Å². The summed E-state index contributed by atoms with van der Waals surface area (Å²) in [5.74, 6) is 1.30. The van der Waals surface area contributed by atoms with E-state index in [1.807, 2.05) is 48.7 Å². The molecule has 8 heteroatoms. The minimum Gasteiger partial charge on any atom is -0.488 e. The van der Waals surface area contributed by atoms with Crippen LogP contribution in [0, 0.1) is 0 Å². The highest BCUT2D eigenvalue weighted by atomic mass is 19.4. The molecule has 0 fully saturated rings. The number of hydrogen-bond donors (Lipinski definition) is 1. The van der Waals surface area contributed by atoms with E-state index < -0.39 is 11.7 Å². The molecule has 6 rings (SSSR count). The summed E-state index contributed by atoms with van der Waals surface area (Å²) in [4.78, 5) is 14.9. The quantitative estimate of drug-likeness (QED) is 0.271. The van der Waals surface area contributed by atoms with Gasteiger partial charge in [-0.25, -0.2) is 9.97 Å². The third kappa shape index (κ3) is 4.99. The molecule has 1 aliphatic rings. The maximum absolute atomic E-state index is 12.9. The van der Waals surface area contributed by atoms with E-state index in [0.717, 1.165) is 70.7 Å². The predicted octanol–water partition coefficient (Wildman–Crippen LogP) is 6.78. The van der Waals surface area contributed by atoms with Gasteiger partial charge >= 0.3 is 6.18 Å². The topological polar surface area (TPSA) is 54.0 Å². The highest BCUT2D eigenvalue weighted by Crippen LogP contribution is 2.32. The number of H-pyrrole nitrogens is 1. The molecule has 0 amide bonds. The summed E-state index contributed by atoms with van der Waals surface area (Å²) in [5.41, 5.74) is 5.18. The molecule has 0 unspecified atom stereocenters. The Labute approximate surface area is 217 Å². The van der Waals surface area contributed by atoms with E-state index in [1.165, 1.54) is 12.1 Å². The third-order valence-electron chi connectivity index (χ3n) is 6.86. The summed E-state index contributed by atoms with van der Waals surface area (Å²) in [6.07, 6.45) is 0.217. The molecule has 0 spiro atoms. The van der Waals surface area contributed by atoms with Gasteiger partial charge in [-0.05, 0) is 35.4 Å². The average molecular weight is 515 g/mol. The second-order valence-corrected chi connectivity index (χ2v) is 9.47. The van der Waals surface area contributed by atoms with Crippen LogP contribution in [0.2, 0.25) is 0 Å². The summed E-state index contributed by atoms with van der Waals surface area (Å²) >= 11 is 0. The number of nitrogens with zero attached hydrogens (tertiary/aromatic N) is 3. The fourth-order valence-electron chi connectivity index (χ4n) is 4.90. The largest absolute Gasteiger partial charge is 0.488 e. The van der Waals surface area contributed by atoms with Crippen LogP contribution >= 0.6 is 0 Å². The second-order valence-electron chi connectivity index (χ2n) is 9.47. The highest BCUT2D eigenvalue weighted by Gasteiger charge is 2.30. The minimum atomic E-state index is -4.36. The number of halogens is 3. The smallest absolute Gasteiger partial charge is 0.416 e. The lowest BCUT2D eigenvalue weighted by Crippen LogP contribution is -2.30. The molecule has 3 aromatic carbocycles. The fraction of sp³-hybridized carbons (Fsp3) is 0.200. The van der Waals surface area contributed by atoms with Gasteiger partial charge in [-0.1, -0.05) is 48.5 Å². The molecular weight excluding hydrogens is 489 g/mol. The van der Waals surface area contributed by atoms with E-state index in [2.05, 4.69) is 25.9 Å². The number of alkyl halides is 3. The maximum Gasteiger partial charge on any atom is 0.416 e. The summed E-state index contributed by atoms with van der Waals surface area (Å²) in [6, 6.07) is 21.1. The molecule has 1 aliphatic heterocycles. The van der Waals surface area contributed by atoms with Crippen molar-refractivity contribution in [3.63, 3.8) is 0 Å². The van der Waals surface area contributed by atoms with Crippen LogP contribution < -0.4 is 4.74 Å². The maximum atomic E-state index is 12.9. The molecule has 0 aliphatic carbocycles. The predicted molar refractivity (Wildman–Crippen MR) is 139 cm³/mol. The monoisotopic (exact) mass is 514 g/mol. The van der Waals surface area contributed by atoms with Crippen molar-refractivity contribution >= 4 is 10.9 Å². The van der Waals surface area contributed by atoms with Crippen molar-refractivity contribution in [1.29, 1.82) is 0 Å². The molecule has 2 aromatic heterocycles. The molecule has 5 nitrogen and oxygen atoms in total. The van der Waals surface area contributed by atoms with Crippen LogP contribution in [0.25, 0.3) is 22.3 Å². The molecule has 5 aromatic rings. The molecule has 38 heavy (non-hydrogen) atoms. The fourth-order valence-corrected chi connectivity index (χ4v) is 4.90. The van der Waals surface area contributed by atoms with Gasteiger partial charge in [0.15, 0.2) is 5.82 Å². The van der Waals surface area contributed by atoms with Crippen molar-refractivity contribution < 1.29 is 17.9 Å². The van der Waals surface area contributed by atoms with Crippen LogP contribution in [0.3, 0.4) is 0 Å². The van der Waals surface area contributed by atoms with E-state index in [1.54, 1.807) is 6.20 Å².